The summed E-state index contributed by atoms with van der Waals surface area (Å²) in [5.74, 6) is 0.166. The van der Waals surface area contributed by atoms with Crippen molar-refractivity contribution in [3.8, 4) is 0 Å². The van der Waals surface area contributed by atoms with E-state index in [1.54, 1.807) is 18.2 Å². The number of amides is 1. The van der Waals surface area contributed by atoms with Gasteiger partial charge in [-0.3, -0.25) is 4.79 Å². The van der Waals surface area contributed by atoms with Gasteiger partial charge >= 0.3 is 0 Å². The van der Waals surface area contributed by atoms with Crippen LogP contribution in [0.3, 0.4) is 0 Å². The quantitative estimate of drug-likeness (QED) is 0.869. The zero-order valence-electron chi connectivity index (χ0n) is 11.3. The molecule has 0 saturated heterocycles. The zero-order valence-corrected chi connectivity index (χ0v) is 13.6. The lowest BCUT2D eigenvalue weighted by Gasteiger charge is -2.10. The second kappa shape index (κ2) is 6.60. The number of hydrogen-bond donors (Lipinski definition) is 1. The Hall–Kier alpha value is -1.36. The molecule has 0 aliphatic rings. The van der Waals surface area contributed by atoms with Gasteiger partial charge in [-0.2, -0.15) is 0 Å². The minimum atomic E-state index is -0.464. The number of carbonyl (C=O) groups is 1. The van der Waals surface area contributed by atoms with Gasteiger partial charge in [0.05, 0.1) is 27.0 Å². The first-order chi connectivity index (χ1) is 9.90. The monoisotopic (exact) mass is 343 g/mol. The molecule has 1 amide bonds. The standard InChI is InChI=1S/C14H12Cl3N3O/c1-7(2)13-18-6-9(16)12(20-13)14(21)19-10-5-3-4-8(15)11(10)17/h3-7H,1-2H3,(H,19,21). The smallest absolute Gasteiger partial charge is 0.275 e. The van der Waals surface area contributed by atoms with E-state index in [1.165, 1.54) is 6.20 Å². The van der Waals surface area contributed by atoms with Crippen LogP contribution in [-0.2, 0) is 0 Å². The lowest BCUT2D eigenvalue weighted by atomic mass is 10.2. The summed E-state index contributed by atoms with van der Waals surface area (Å²) >= 11 is 17.9. The summed E-state index contributed by atoms with van der Waals surface area (Å²) in [4.78, 5) is 20.6. The summed E-state index contributed by atoms with van der Waals surface area (Å²) in [6.07, 6.45) is 1.42. The second-order valence-electron chi connectivity index (χ2n) is 4.63. The van der Waals surface area contributed by atoms with E-state index < -0.39 is 5.91 Å². The van der Waals surface area contributed by atoms with Crippen molar-refractivity contribution < 1.29 is 4.79 Å². The maximum absolute atomic E-state index is 12.3. The molecule has 0 spiro atoms. The molecule has 0 atom stereocenters. The number of anilines is 1. The summed E-state index contributed by atoms with van der Waals surface area (Å²) in [7, 11) is 0. The van der Waals surface area contributed by atoms with Crippen molar-refractivity contribution in [3.05, 3.63) is 51.0 Å². The van der Waals surface area contributed by atoms with Crippen LogP contribution in [0.5, 0.6) is 0 Å². The van der Waals surface area contributed by atoms with Crippen LogP contribution in [0.25, 0.3) is 0 Å². The zero-order chi connectivity index (χ0) is 15.6. The van der Waals surface area contributed by atoms with Crippen LogP contribution in [0.4, 0.5) is 5.69 Å². The molecular weight excluding hydrogens is 333 g/mol. The molecular formula is C14H12Cl3N3O. The molecule has 2 aromatic rings. The highest BCUT2D eigenvalue weighted by Crippen LogP contribution is 2.30. The Balaban J connectivity index is 2.32. The number of benzene rings is 1. The predicted molar refractivity (Wildman–Crippen MR) is 85.5 cm³/mol. The van der Waals surface area contributed by atoms with E-state index in [0.717, 1.165) is 0 Å². The molecule has 1 N–H and O–H groups in total. The molecule has 0 radical (unpaired) electrons. The van der Waals surface area contributed by atoms with Gasteiger partial charge in [-0.15, -0.1) is 0 Å². The van der Waals surface area contributed by atoms with Crippen molar-refractivity contribution in [2.45, 2.75) is 19.8 Å². The fraction of sp³-hybridized carbons (Fsp3) is 0.214. The lowest BCUT2D eigenvalue weighted by molar-refractivity contribution is 0.102. The van der Waals surface area contributed by atoms with Gasteiger partial charge in [0.2, 0.25) is 0 Å². The average Bonchev–Trinajstić information content (AvgIpc) is 2.44. The highest BCUT2D eigenvalue weighted by Gasteiger charge is 2.17. The Morgan fingerprint density at radius 2 is 1.90 bits per heavy atom. The maximum atomic E-state index is 12.3. The van der Waals surface area contributed by atoms with E-state index in [0.29, 0.717) is 16.5 Å². The molecule has 21 heavy (non-hydrogen) atoms. The summed E-state index contributed by atoms with van der Waals surface area (Å²) in [5.41, 5.74) is 0.501. The van der Waals surface area contributed by atoms with Gasteiger partial charge in [0.25, 0.3) is 5.91 Å². The molecule has 110 valence electrons. The Morgan fingerprint density at radius 3 is 2.57 bits per heavy atom. The predicted octanol–water partition coefficient (Wildman–Crippen LogP) is 4.81. The molecule has 0 unspecified atom stereocenters. The number of halogens is 3. The van der Waals surface area contributed by atoms with Crippen molar-refractivity contribution in [2.75, 3.05) is 5.32 Å². The van der Waals surface area contributed by atoms with E-state index in [9.17, 15) is 4.79 Å². The molecule has 4 nitrogen and oxygen atoms in total. The number of hydrogen-bond acceptors (Lipinski definition) is 3. The van der Waals surface area contributed by atoms with Crippen molar-refractivity contribution in [1.29, 1.82) is 0 Å². The number of aromatic nitrogens is 2. The number of nitrogens with one attached hydrogen (secondary N) is 1. The van der Waals surface area contributed by atoms with Crippen LogP contribution >= 0.6 is 34.8 Å². The van der Waals surface area contributed by atoms with Gasteiger partial charge in [0, 0.05) is 5.92 Å². The molecule has 0 bridgehead atoms. The molecule has 2 rings (SSSR count). The highest BCUT2D eigenvalue weighted by atomic mass is 35.5. The summed E-state index contributed by atoms with van der Waals surface area (Å²) < 4.78 is 0. The van der Waals surface area contributed by atoms with E-state index >= 15 is 0 Å². The van der Waals surface area contributed by atoms with Gasteiger partial charge in [-0.05, 0) is 12.1 Å². The van der Waals surface area contributed by atoms with E-state index in [4.69, 9.17) is 34.8 Å². The molecule has 1 heterocycles. The molecule has 0 aliphatic heterocycles. The van der Waals surface area contributed by atoms with Crippen LogP contribution in [0.15, 0.2) is 24.4 Å². The largest absolute Gasteiger partial charge is 0.319 e. The lowest BCUT2D eigenvalue weighted by Crippen LogP contribution is -2.16. The van der Waals surface area contributed by atoms with E-state index in [2.05, 4.69) is 15.3 Å². The number of nitrogens with zero attached hydrogens (tertiary/aromatic N) is 2. The van der Waals surface area contributed by atoms with Crippen molar-refractivity contribution >= 4 is 46.4 Å². The van der Waals surface area contributed by atoms with Gasteiger partial charge in [-0.1, -0.05) is 54.7 Å². The third kappa shape index (κ3) is 3.64. The molecule has 1 aromatic carbocycles. The third-order valence-electron chi connectivity index (χ3n) is 2.69. The van der Waals surface area contributed by atoms with Crippen molar-refractivity contribution in [2.24, 2.45) is 0 Å². The number of carbonyl (C=O) groups excluding carboxylic acids is 1. The molecule has 0 fully saturated rings. The molecule has 7 heteroatoms. The minimum absolute atomic E-state index is 0.0866. The minimum Gasteiger partial charge on any atom is -0.319 e. The Kier molecular flexibility index (Phi) is 5.04. The first-order valence-corrected chi connectivity index (χ1v) is 7.31. The highest BCUT2D eigenvalue weighted by molar-refractivity contribution is 6.44. The van der Waals surface area contributed by atoms with Gasteiger partial charge in [0.15, 0.2) is 5.69 Å². The third-order valence-corrected chi connectivity index (χ3v) is 3.79. The van der Waals surface area contributed by atoms with Crippen LogP contribution in [0, 0.1) is 0 Å². The second-order valence-corrected chi connectivity index (χ2v) is 5.83. The van der Waals surface area contributed by atoms with Gasteiger partial charge in [-0.25, -0.2) is 9.97 Å². The van der Waals surface area contributed by atoms with Crippen molar-refractivity contribution in [1.82, 2.24) is 9.97 Å². The van der Waals surface area contributed by atoms with Gasteiger partial charge < -0.3 is 5.32 Å². The fourth-order valence-corrected chi connectivity index (χ4v) is 2.12. The normalized spacial score (nSPS) is 10.8. The summed E-state index contributed by atoms with van der Waals surface area (Å²) in [6.45, 7) is 3.86. The van der Waals surface area contributed by atoms with Crippen LogP contribution in [0.2, 0.25) is 15.1 Å². The van der Waals surface area contributed by atoms with Crippen LogP contribution in [0.1, 0.15) is 36.1 Å². The molecule has 0 saturated carbocycles. The van der Waals surface area contributed by atoms with Crippen LogP contribution in [-0.4, -0.2) is 15.9 Å². The van der Waals surface area contributed by atoms with Gasteiger partial charge in [0.1, 0.15) is 5.82 Å². The topological polar surface area (TPSA) is 54.9 Å². The van der Waals surface area contributed by atoms with E-state index in [1.807, 2.05) is 13.8 Å². The first kappa shape index (κ1) is 16.0. The van der Waals surface area contributed by atoms with Crippen LogP contribution < -0.4 is 5.32 Å². The Morgan fingerprint density at radius 1 is 1.19 bits per heavy atom. The average molecular weight is 345 g/mol. The fourth-order valence-electron chi connectivity index (χ4n) is 1.60. The van der Waals surface area contributed by atoms with Crippen molar-refractivity contribution in [3.63, 3.8) is 0 Å². The SMILES string of the molecule is CC(C)c1ncc(Cl)c(C(=O)Nc2cccc(Cl)c2Cl)n1. The Labute approximate surface area is 137 Å². The maximum Gasteiger partial charge on any atom is 0.275 e. The summed E-state index contributed by atoms with van der Waals surface area (Å²) in [5, 5.41) is 3.44. The summed E-state index contributed by atoms with van der Waals surface area (Å²) in [6, 6.07) is 4.96. The Bertz CT molecular complexity index is 689. The first-order valence-electron chi connectivity index (χ1n) is 6.18. The molecule has 0 aliphatic carbocycles. The number of rotatable bonds is 3. The molecule has 1 aromatic heterocycles. The van der Waals surface area contributed by atoms with E-state index in [-0.39, 0.29) is 21.7 Å².